The predicted molar refractivity (Wildman–Crippen MR) is 79.0 cm³/mol. The molecule has 2 N–H and O–H groups in total. The van der Waals surface area contributed by atoms with Crippen molar-refractivity contribution in [3.63, 3.8) is 0 Å². The van der Waals surface area contributed by atoms with Gasteiger partial charge in [0.1, 0.15) is 6.61 Å². The van der Waals surface area contributed by atoms with Crippen molar-refractivity contribution in [2.24, 2.45) is 11.7 Å². The zero-order valence-corrected chi connectivity index (χ0v) is 12.9. The van der Waals surface area contributed by atoms with Crippen molar-refractivity contribution in [3.05, 3.63) is 0 Å². The fraction of sp³-hybridized carbons (Fsp3) is 0.900. The van der Waals surface area contributed by atoms with Crippen LogP contribution in [0, 0.1) is 5.92 Å². The summed E-state index contributed by atoms with van der Waals surface area (Å²) in [5.74, 6) is 0.613. The quantitative estimate of drug-likeness (QED) is 0.761. The summed E-state index contributed by atoms with van der Waals surface area (Å²) in [6, 6.07) is 0.219. The molecule has 16 heavy (non-hydrogen) atoms. The Hall–Kier alpha value is 0.390. The van der Waals surface area contributed by atoms with Crippen molar-refractivity contribution in [1.29, 1.82) is 0 Å². The maximum absolute atomic E-state index is 5.38. The van der Waals surface area contributed by atoms with E-state index in [1.807, 2.05) is 14.1 Å². The maximum Gasteiger partial charge on any atom is 0.176 e. The number of likely N-dealkylation sites (N-methyl/N-ethyl adjacent to an activating group) is 1. The molecule has 0 amide bonds. The van der Waals surface area contributed by atoms with Crippen LogP contribution in [0.4, 0.5) is 0 Å². The summed E-state index contributed by atoms with van der Waals surface area (Å²) in [5, 5.41) is 0.661. The largest absolute Gasteiger partial charge is 0.484 e. The first-order valence-corrected chi connectivity index (χ1v) is 5.43. The lowest BCUT2D eigenvalue weighted by atomic mass is 10.0. The van der Waals surface area contributed by atoms with Crippen LogP contribution in [0.2, 0.25) is 0 Å². The highest BCUT2D eigenvalue weighted by molar-refractivity contribution is 7.80. The molecule has 0 aliphatic rings. The zero-order chi connectivity index (χ0) is 11.1. The highest BCUT2D eigenvalue weighted by Gasteiger charge is 2.19. The Morgan fingerprint density at radius 1 is 1.31 bits per heavy atom. The molecule has 0 aromatic carbocycles. The molecule has 0 rings (SSSR count). The lowest BCUT2D eigenvalue weighted by Gasteiger charge is -2.26. The Morgan fingerprint density at radius 3 is 2.12 bits per heavy atom. The monoisotopic (exact) mass is 290 g/mol. The lowest BCUT2D eigenvalue weighted by molar-refractivity contribution is 0.245. The van der Waals surface area contributed by atoms with Crippen LogP contribution in [0.3, 0.4) is 0 Å². The molecule has 0 radical (unpaired) electrons. The van der Waals surface area contributed by atoms with Gasteiger partial charge in [0, 0.05) is 6.54 Å². The molecule has 0 aliphatic carbocycles. The van der Waals surface area contributed by atoms with Crippen LogP contribution in [0.1, 0.15) is 20.3 Å². The molecule has 0 saturated heterocycles. The van der Waals surface area contributed by atoms with E-state index < -0.39 is 0 Å². The highest BCUT2D eigenvalue weighted by Crippen LogP contribution is 2.11. The summed E-state index contributed by atoms with van der Waals surface area (Å²) >= 11 is 5.22. The zero-order valence-electron chi connectivity index (χ0n) is 10.4. The number of rotatable bonds is 6. The number of nitrogens with zero attached hydrogens (tertiary/aromatic N) is 1. The minimum Gasteiger partial charge on any atom is -0.484 e. The van der Waals surface area contributed by atoms with E-state index >= 15 is 0 Å². The average molecular weight is 291 g/mol. The van der Waals surface area contributed by atoms with Crippen LogP contribution in [-0.2, 0) is 4.74 Å². The van der Waals surface area contributed by atoms with Gasteiger partial charge < -0.3 is 10.5 Å². The summed E-state index contributed by atoms with van der Waals surface area (Å²) in [5.41, 5.74) is 5.36. The number of ether oxygens (including phenoxy) is 1. The van der Waals surface area contributed by atoms with Crippen LogP contribution < -0.4 is 5.73 Å². The number of nitrogens with two attached hydrogens (primary N) is 1. The second kappa shape index (κ2) is 11.9. The third kappa shape index (κ3) is 9.60. The van der Waals surface area contributed by atoms with Crippen LogP contribution in [0.5, 0.6) is 0 Å². The third-order valence-corrected chi connectivity index (χ3v) is 2.34. The third-order valence-electron chi connectivity index (χ3n) is 1.95. The molecule has 0 aliphatic heterocycles. The minimum atomic E-state index is 0. The van der Waals surface area contributed by atoms with E-state index in [2.05, 4.69) is 18.7 Å². The van der Waals surface area contributed by atoms with E-state index in [1.54, 1.807) is 0 Å². The van der Waals surface area contributed by atoms with E-state index in [-0.39, 0.29) is 30.9 Å². The van der Waals surface area contributed by atoms with Crippen LogP contribution >= 0.6 is 37.0 Å². The van der Waals surface area contributed by atoms with E-state index in [0.717, 1.165) is 6.42 Å². The SMILES string of the molecule is CC(C)C[C@@H](C(=S)OCCN)N(C)C.Cl.Cl. The van der Waals surface area contributed by atoms with Gasteiger partial charge in [-0.15, -0.1) is 24.8 Å². The van der Waals surface area contributed by atoms with Crippen molar-refractivity contribution >= 4 is 42.1 Å². The van der Waals surface area contributed by atoms with Crippen molar-refractivity contribution in [2.75, 3.05) is 27.2 Å². The van der Waals surface area contributed by atoms with Crippen molar-refractivity contribution in [2.45, 2.75) is 26.3 Å². The molecule has 0 aromatic rings. The van der Waals surface area contributed by atoms with Crippen molar-refractivity contribution in [1.82, 2.24) is 4.90 Å². The fourth-order valence-electron chi connectivity index (χ4n) is 1.22. The van der Waals surface area contributed by atoms with Gasteiger partial charge in [0.05, 0.1) is 6.04 Å². The molecule has 3 nitrogen and oxygen atoms in total. The number of hydrogen-bond acceptors (Lipinski definition) is 4. The Balaban J connectivity index is -0.000000845. The summed E-state index contributed by atoms with van der Waals surface area (Å²) in [7, 11) is 4.04. The summed E-state index contributed by atoms with van der Waals surface area (Å²) in [6.07, 6.45) is 1.02. The Labute approximate surface area is 117 Å². The maximum atomic E-state index is 5.38. The lowest BCUT2D eigenvalue weighted by Crippen LogP contribution is -2.37. The number of hydrogen-bond donors (Lipinski definition) is 1. The van der Waals surface area contributed by atoms with E-state index in [9.17, 15) is 0 Å². The molecule has 100 valence electrons. The van der Waals surface area contributed by atoms with Crippen LogP contribution in [-0.4, -0.2) is 43.2 Å². The normalized spacial score (nSPS) is 11.7. The van der Waals surface area contributed by atoms with Gasteiger partial charge in [0.15, 0.2) is 5.05 Å². The second-order valence-corrected chi connectivity index (χ2v) is 4.47. The van der Waals surface area contributed by atoms with Crippen molar-refractivity contribution in [3.8, 4) is 0 Å². The molecule has 6 heteroatoms. The van der Waals surface area contributed by atoms with E-state index in [4.69, 9.17) is 22.7 Å². The number of thiocarbonyl (C=S) groups is 1. The molecule has 0 fully saturated rings. The van der Waals surface area contributed by atoms with Gasteiger partial charge in [-0.25, -0.2) is 0 Å². The van der Waals surface area contributed by atoms with Crippen LogP contribution in [0.15, 0.2) is 0 Å². The van der Waals surface area contributed by atoms with Gasteiger partial charge in [-0.1, -0.05) is 13.8 Å². The van der Waals surface area contributed by atoms with Gasteiger partial charge in [-0.05, 0) is 38.7 Å². The number of halogens is 2. The smallest absolute Gasteiger partial charge is 0.176 e. The summed E-state index contributed by atoms with van der Waals surface area (Å²) in [6.45, 7) is 5.40. The highest BCUT2D eigenvalue weighted by atomic mass is 35.5. The molecule has 0 saturated carbocycles. The molecule has 0 heterocycles. The predicted octanol–water partition coefficient (Wildman–Crippen LogP) is 2.11. The first kappa shape index (κ1) is 21.7. The topological polar surface area (TPSA) is 38.5 Å². The van der Waals surface area contributed by atoms with E-state index in [0.29, 0.717) is 24.1 Å². The van der Waals surface area contributed by atoms with Gasteiger partial charge >= 0.3 is 0 Å². The molecule has 0 bridgehead atoms. The summed E-state index contributed by atoms with van der Waals surface area (Å²) < 4.78 is 5.38. The summed E-state index contributed by atoms with van der Waals surface area (Å²) in [4.78, 5) is 2.10. The van der Waals surface area contributed by atoms with Gasteiger partial charge in [0.25, 0.3) is 0 Å². The average Bonchev–Trinajstić information content (AvgIpc) is 2.09. The Kier molecular flexibility index (Phi) is 16.1. The molecule has 0 aromatic heterocycles. The minimum absolute atomic E-state index is 0. The van der Waals surface area contributed by atoms with Crippen molar-refractivity contribution < 1.29 is 4.74 Å². The Morgan fingerprint density at radius 2 is 1.81 bits per heavy atom. The Bertz CT molecular complexity index is 180. The van der Waals surface area contributed by atoms with Gasteiger partial charge in [-0.2, -0.15) is 0 Å². The molecule has 0 unspecified atom stereocenters. The first-order valence-electron chi connectivity index (χ1n) is 5.02. The first-order chi connectivity index (χ1) is 6.49. The molecular weight excluding hydrogens is 267 g/mol. The second-order valence-electron chi connectivity index (χ2n) is 4.07. The fourth-order valence-corrected chi connectivity index (χ4v) is 1.61. The standard InChI is InChI=1S/C10H22N2OS.2ClH/c1-8(2)7-9(12(3)4)10(14)13-6-5-11;;/h8-9H,5-7,11H2,1-4H3;2*1H/t9-;;/m0../s1. The van der Waals surface area contributed by atoms with Crippen LogP contribution in [0.25, 0.3) is 0 Å². The van der Waals surface area contributed by atoms with E-state index in [1.165, 1.54) is 0 Å². The van der Waals surface area contributed by atoms with Gasteiger partial charge in [0.2, 0.25) is 0 Å². The molecule has 0 spiro atoms. The molecular formula is C10H24Cl2N2OS. The molecule has 1 atom stereocenters. The van der Waals surface area contributed by atoms with Gasteiger partial charge in [-0.3, -0.25) is 4.90 Å².